The molecule has 1 aromatic carbocycles. The quantitative estimate of drug-likeness (QED) is 0.899. The third kappa shape index (κ3) is 4.01. The van der Waals surface area contributed by atoms with E-state index in [2.05, 4.69) is 19.2 Å². The number of hydrogen-bond acceptors (Lipinski definition) is 2. The largest absolute Gasteiger partial charge is 0.337 e. The van der Waals surface area contributed by atoms with Gasteiger partial charge < -0.3 is 10.2 Å². The molecule has 1 N–H and O–H groups in total. The van der Waals surface area contributed by atoms with Crippen molar-refractivity contribution >= 4 is 41.5 Å². The number of amides is 1. The normalized spacial score (nSPS) is 22.3. The molecule has 0 bridgehead atoms. The van der Waals surface area contributed by atoms with Gasteiger partial charge in [-0.25, -0.2) is 0 Å². The molecular formula is C14H19Cl3N2O. The Morgan fingerprint density at radius 2 is 2.05 bits per heavy atom. The summed E-state index contributed by atoms with van der Waals surface area (Å²) in [4.78, 5) is 14.3. The molecule has 1 aliphatic rings. The van der Waals surface area contributed by atoms with Crippen molar-refractivity contribution in [3.63, 3.8) is 0 Å². The average Bonchev–Trinajstić information content (AvgIpc) is 2.37. The van der Waals surface area contributed by atoms with Crippen molar-refractivity contribution in [1.29, 1.82) is 0 Å². The number of carbonyl (C=O) groups excluding carboxylic acids is 1. The lowest BCUT2D eigenvalue weighted by Gasteiger charge is -2.38. The minimum atomic E-state index is 0. The van der Waals surface area contributed by atoms with Crippen LogP contribution in [0.3, 0.4) is 0 Å². The summed E-state index contributed by atoms with van der Waals surface area (Å²) in [5.41, 5.74) is 0.901. The van der Waals surface area contributed by atoms with Gasteiger partial charge in [0, 0.05) is 25.2 Å². The van der Waals surface area contributed by atoms with Gasteiger partial charge >= 0.3 is 0 Å². The van der Waals surface area contributed by atoms with Gasteiger partial charge in [0.2, 0.25) is 5.91 Å². The molecule has 6 heteroatoms. The summed E-state index contributed by atoms with van der Waals surface area (Å²) in [6.07, 6.45) is 0.369. The minimum absolute atomic E-state index is 0. The van der Waals surface area contributed by atoms with Gasteiger partial charge in [-0.05, 0) is 31.5 Å². The van der Waals surface area contributed by atoms with Crippen LogP contribution in [0.15, 0.2) is 18.2 Å². The molecule has 1 aliphatic heterocycles. The highest BCUT2D eigenvalue weighted by Crippen LogP contribution is 2.23. The molecule has 0 saturated carbocycles. The molecule has 2 unspecified atom stereocenters. The van der Waals surface area contributed by atoms with Crippen molar-refractivity contribution in [1.82, 2.24) is 10.2 Å². The maximum absolute atomic E-state index is 12.3. The van der Waals surface area contributed by atoms with Gasteiger partial charge in [0.25, 0.3) is 0 Å². The second kappa shape index (κ2) is 7.51. The Kier molecular flexibility index (Phi) is 6.59. The second-order valence-electron chi connectivity index (χ2n) is 5.00. The predicted octanol–water partition coefficient (Wildman–Crippen LogP) is 3.17. The molecule has 1 heterocycles. The Hall–Kier alpha value is -0.480. The highest BCUT2D eigenvalue weighted by atomic mass is 35.5. The number of nitrogens with one attached hydrogen (secondary N) is 1. The van der Waals surface area contributed by atoms with Crippen molar-refractivity contribution in [3.05, 3.63) is 33.8 Å². The Morgan fingerprint density at radius 1 is 1.35 bits per heavy atom. The summed E-state index contributed by atoms with van der Waals surface area (Å²) in [6, 6.07) is 5.88. The number of halogens is 3. The van der Waals surface area contributed by atoms with Crippen molar-refractivity contribution in [2.24, 2.45) is 0 Å². The number of nitrogens with zero attached hydrogens (tertiary/aromatic N) is 1. The van der Waals surface area contributed by atoms with Gasteiger partial charge in [0.05, 0.1) is 16.5 Å². The Balaban J connectivity index is 0.00000200. The van der Waals surface area contributed by atoms with Gasteiger partial charge in [-0.15, -0.1) is 12.4 Å². The molecule has 2 atom stereocenters. The van der Waals surface area contributed by atoms with Gasteiger partial charge in [0.1, 0.15) is 0 Å². The van der Waals surface area contributed by atoms with Crippen LogP contribution in [0, 0.1) is 0 Å². The smallest absolute Gasteiger partial charge is 0.227 e. The number of hydrogen-bond donors (Lipinski definition) is 1. The van der Waals surface area contributed by atoms with E-state index in [-0.39, 0.29) is 24.4 Å². The second-order valence-corrected chi connectivity index (χ2v) is 5.81. The average molecular weight is 338 g/mol. The Labute approximate surface area is 136 Å². The van der Waals surface area contributed by atoms with Crippen LogP contribution < -0.4 is 5.32 Å². The van der Waals surface area contributed by atoms with Crippen LogP contribution in [0.25, 0.3) is 0 Å². The molecule has 112 valence electrons. The molecule has 3 nitrogen and oxygen atoms in total. The van der Waals surface area contributed by atoms with Gasteiger partial charge in [-0.2, -0.15) is 0 Å². The maximum Gasteiger partial charge on any atom is 0.227 e. The molecule has 20 heavy (non-hydrogen) atoms. The molecular weight excluding hydrogens is 319 g/mol. The van der Waals surface area contributed by atoms with Crippen LogP contribution in [0.5, 0.6) is 0 Å². The lowest BCUT2D eigenvalue weighted by Crippen LogP contribution is -2.57. The van der Waals surface area contributed by atoms with Crippen molar-refractivity contribution < 1.29 is 4.79 Å². The fraction of sp³-hybridized carbons (Fsp3) is 0.500. The van der Waals surface area contributed by atoms with E-state index in [1.54, 1.807) is 12.1 Å². The molecule has 2 rings (SSSR count). The first-order valence-corrected chi connectivity index (χ1v) is 7.21. The molecule has 1 aromatic rings. The third-order valence-electron chi connectivity index (χ3n) is 3.69. The van der Waals surface area contributed by atoms with Crippen LogP contribution in [0.4, 0.5) is 0 Å². The monoisotopic (exact) mass is 336 g/mol. The van der Waals surface area contributed by atoms with E-state index < -0.39 is 0 Å². The molecule has 0 aromatic heterocycles. The number of benzene rings is 1. The van der Waals surface area contributed by atoms with Crippen LogP contribution in [0.1, 0.15) is 19.4 Å². The van der Waals surface area contributed by atoms with Gasteiger partial charge in [-0.1, -0.05) is 29.3 Å². The lowest BCUT2D eigenvalue weighted by molar-refractivity contribution is -0.134. The first-order chi connectivity index (χ1) is 8.99. The van der Waals surface area contributed by atoms with E-state index >= 15 is 0 Å². The van der Waals surface area contributed by atoms with E-state index in [1.807, 2.05) is 11.0 Å². The molecule has 1 amide bonds. The molecule has 0 aliphatic carbocycles. The molecule has 0 radical (unpaired) electrons. The van der Waals surface area contributed by atoms with Crippen LogP contribution >= 0.6 is 35.6 Å². The summed E-state index contributed by atoms with van der Waals surface area (Å²) in [5, 5.41) is 4.37. The van der Waals surface area contributed by atoms with E-state index in [0.717, 1.165) is 18.7 Å². The van der Waals surface area contributed by atoms with Gasteiger partial charge in [0.15, 0.2) is 0 Å². The first-order valence-electron chi connectivity index (χ1n) is 6.46. The van der Waals surface area contributed by atoms with Crippen LogP contribution in [0.2, 0.25) is 10.0 Å². The standard InChI is InChI=1S/C14H18Cl2N2O.ClH/c1-9-10(2)18(6-5-17-9)14(19)8-11-3-4-12(15)13(16)7-11;/h3-4,7,9-10,17H,5-6,8H2,1-2H3;1H. The third-order valence-corrected chi connectivity index (χ3v) is 4.43. The van der Waals surface area contributed by atoms with Crippen molar-refractivity contribution in [2.75, 3.05) is 13.1 Å². The van der Waals surface area contributed by atoms with E-state index in [9.17, 15) is 4.79 Å². The van der Waals surface area contributed by atoms with E-state index in [4.69, 9.17) is 23.2 Å². The molecule has 1 saturated heterocycles. The molecule has 0 spiro atoms. The first kappa shape index (κ1) is 17.6. The van der Waals surface area contributed by atoms with E-state index in [0.29, 0.717) is 22.5 Å². The zero-order chi connectivity index (χ0) is 14.0. The highest BCUT2D eigenvalue weighted by Gasteiger charge is 2.27. The highest BCUT2D eigenvalue weighted by molar-refractivity contribution is 6.42. The maximum atomic E-state index is 12.3. The summed E-state index contributed by atoms with van der Waals surface area (Å²) >= 11 is 11.8. The summed E-state index contributed by atoms with van der Waals surface area (Å²) in [7, 11) is 0. The van der Waals surface area contributed by atoms with Gasteiger partial charge in [-0.3, -0.25) is 4.79 Å². The zero-order valence-electron chi connectivity index (χ0n) is 11.5. The van der Waals surface area contributed by atoms with Crippen LogP contribution in [-0.2, 0) is 11.2 Å². The molecule has 1 fully saturated rings. The summed E-state index contributed by atoms with van der Waals surface area (Å²) < 4.78 is 0. The number of carbonyl (C=O) groups is 1. The zero-order valence-corrected chi connectivity index (χ0v) is 13.9. The number of rotatable bonds is 2. The topological polar surface area (TPSA) is 32.3 Å². The number of piperazine rings is 1. The summed E-state index contributed by atoms with van der Waals surface area (Å²) in [6.45, 7) is 5.77. The Bertz CT molecular complexity index is 481. The lowest BCUT2D eigenvalue weighted by atomic mass is 10.1. The van der Waals surface area contributed by atoms with E-state index in [1.165, 1.54) is 0 Å². The fourth-order valence-corrected chi connectivity index (χ4v) is 2.66. The summed E-state index contributed by atoms with van der Waals surface area (Å²) in [5.74, 6) is 0.138. The SMILES string of the molecule is CC1NCCN(C(=O)Cc2ccc(Cl)c(Cl)c2)C1C.Cl. The Morgan fingerprint density at radius 3 is 2.70 bits per heavy atom. The fourth-order valence-electron chi connectivity index (χ4n) is 2.33. The predicted molar refractivity (Wildman–Crippen MR) is 86.1 cm³/mol. The van der Waals surface area contributed by atoms with Crippen LogP contribution in [-0.4, -0.2) is 36.0 Å². The minimum Gasteiger partial charge on any atom is -0.337 e. The van der Waals surface area contributed by atoms with Crippen molar-refractivity contribution in [2.45, 2.75) is 32.4 Å². The van der Waals surface area contributed by atoms with Crippen molar-refractivity contribution in [3.8, 4) is 0 Å².